The monoisotopic (exact) mass is 573 g/mol. The van der Waals surface area contributed by atoms with Crippen molar-refractivity contribution in [1.82, 2.24) is 4.31 Å². The number of benzene rings is 2. The molecule has 2 N–H and O–H groups in total. The zero-order valence-electron chi connectivity index (χ0n) is 22.2. The third kappa shape index (κ3) is 9.76. The highest BCUT2D eigenvalue weighted by Gasteiger charge is 2.39. The normalized spacial score (nSPS) is 16.1. The van der Waals surface area contributed by atoms with Gasteiger partial charge in [0.15, 0.2) is 0 Å². The topological polar surface area (TPSA) is 155 Å². The molecule has 1 atom stereocenters. The molecule has 0 amide bonds. The van der Waals surface area contributed by atoms with Gasteiger partial charge in [-0.05, 0) is 73.8 Å². The van der Waals surface area contributed by atoms with Crippen molar-refractivity contribution in [1.29, 1.82) is 0 Å². The van der Waals surface area contributed by atoms with Gasteiger partial charge >= 0.3 is 11.9 Å². The third-order valence-electron chi connectivity index (χ3n) is 6.36. The number of aliphatic carboxylic acids is 2. The van der Waals surface area contributed by atoms with Crippen molar-refractivity contribution in [2.75, 3.05) is 19.8 Å². The number of rotatable bonds is 17. The van der Waals surface area contributed by atoms with Crippen LogP contribution in [0, 0.1) is 0 Å². The number of carbonyl (C=O) groups is 2. The molecule has 3 rings (SSSR count). The van der Waals surface area contributed by atoms with E-state index in [4.69, 9.17) is 14.8 Å². The van der Waals surface area contributed by atoms with Crippen molar-refractivity contribution in [2.45, 2.75) is 62.3 Å². The number of aryl methyl sites for hydroxylation is 1. The molecule has 1 unspecified atom stereocenters. The van der Waals surface area contributed by atoms with E-state index in [-0.39, 0.29) is 17.9 Å². The Bertz CT molecular complexity index is 1260. The molecule has 1 aliphatic rings. The predicted molar refractivity (Wildman–Crippen MR) is 149 cm³/mol. The smallest absolute Gasteiger partial charge is 0.322 e. The van der Waals surface area contributed by atoms with Gasteiger partial charge in [-0.25, -0.2) is 8.42 Å². The van der Waals surface area contributed by atoms with Crippen molar-refractivity contribution < 1.29 is 37.9 Å². The van der Waals surface area contributed by atoms with Gasteiger partial charge in [-0.3, -0.25) is 9.59 Å². The summed E-state index contributed by atoms with van der Waals surface area (Å²) < 4.78 is 26.6. The van der Waals surface area contributed by atoms with Crippen LogP contribution in [0.15, 0.2) is 63.7 Å². The first-order chi connectivity index (χ1) is 19.3. The summed E-state index contributed by atoms with van der Waals surface area (Å²) in [6.45, 7) is 1.16. The summed E-state index contributed by atoms with van der Waals surface area (Å²) in [5, 5.41) is 25.9. The fourth-order valence-electron chi connectivity index (χ4n) is 4.15. The summed E-state index contributed by atoms with van der Waals surface area (Å²) in [6.07, 6.45) is 8.16. The predicted octanol–water partition coefficient (Wildman–Crippen LogP) is 3.90. The first-order valence-electron chi connectivity index (χ1n) is 13.2. The number of nitrogens with zero attached hydrogens (tertiary/aromatic N) is 3. The molecule has 216 valence electrons. The van der Waals surface area contributed by atoms with Crippen molar-refractivity contribution in [3.63, 3.8) is 0 Å². The van der Waals surface area contributed by atoms with E-state index in [0.717, 1.165) is 41.1 Å². The van der Waals surface area contributed by atoms with Crippen molar-refractivity contribution in [2.24, 2.45) is 10.3 Å². The molecule has 1 fully saturated rings. The van der Waals surface area contributed by atoms with Crippen LogP contribution in [0.1, 0.15) is 61.6 Å². The Hall–Kier alpha value is -3.77. The molecule has 40 heavy (non-hydrogen) atoms. The van der Waals surface area contributed by atoms with Crippen LogP contribution in [0.5, 0.6) is 0 Å². The van der Waals surface area contributed by atoms with Gasteiger partial charge in [-0.15, -0.1) is 0 Å². The zero-order chi connectivity index (χ0) is 28.8. The Morgan fingerprint density at radius 1 is 0.875 bits per heavy atom. The minimum Gasteiger partial charge on any atom is -0.481 e. The van der Waals surface area contributed by atoms with Gasteiger partial charge in [0, 0.05) is 13.0 Å². The Labute approximate surface area is 234 Å². The zero-order valence-corrected chi connectivity index (χ0v) is 23.0. The van der Waals surface area contributed by atoms with E-state index in [1.165, 1.54) is 18.3 Å². The maximum Gasteiger partial charge on any atom is 0.322 e. The highest BCUT2D eigenvalue weighted by molar-refractivity contribution is 7.89. The number of hydrogen-bond acceptors (Lipinski definition) is 8. The maximum absolute atomic E-state index is 12.8. The second kappa shape index (κ2) is 15.7. The molecule has 11 nitrogen and oxygen atoms in total. The number of carboxylic acids is 2. The standard InChI is InChI=1S/C28H35N3O8S/c32-27(33)16-13-22-7-9-23(10-8-22)20-29-38-18-3-1-2-4-19-39-30-21-24-11-14-25(15-12-24)40(36,37)31-17-5-6-26(31)28(34)35/h7-12,14-15,20-21,26H,1-6,13,16-19H2,(H,32,33)(H,34,35). The summed E-state index contributed by atoms with van der Waals surface area (Å²) in [4.78, 5) is 32.6. The van der Waals surface area contributed by atoms with Crippen LogP contribution in [-0.2, 0) is 35.7 Å². The molecule has 0 saturated carbocycles. The van der Waals surface area contributed by atoms with Crippen LogP contribution in [0.2, 0.25) is 0 Å². The lowest BCUT2D eigenvalue weighted by Crippen LogP contribution is -2.40. The lowest BCUT2D eigenvalue weighted by atomic mass is 10.1. The van der Waals surface area contributed by atoms with Crippen LogP contribution < -0.4 is 0 Å². The maximum atomic E-state index is 12.8. The first kappa shape index (κ1) is 30.8. The van der Waals surface area contributed by atoms with E-state index in [2.05, 4.69) is 10.3 Å². The number of unbranched alkanes of at least 4 members (excludes halogenated alkanes) is 3. The quantitative estimate of drug-likeness (QED) is 0.164. The highest BCUT2D eigenvalue weighted by Crippen LogP contribution is 2.26. The summed E-state index contributed by atoms with van der Waals surface area (Å²) in [7, 11) is -3.87. The molecule has 0 aromatic heterocycles. The van der Waals surface area contributed by atoms with E-state index >= 15 is 0 Å². The second-order valence-corrected chi connectivity index (χ2v) is 11.3. The molecular weight excluding hydrogens is 538 g/mol. The average molecular weight is 574 g/mol. The van der Waals surface area contributed by atoms with Gasteiger partial charge in [0.1, 0.15) is 19.3 Å². The average Bonchev–Trinajstić information content (AvgIpc) is 3.45. The van der Waals surface area contributed by atoms with Gasteiger partial charge in [-0.1, -0.05) is 46.7 Å². The van der Waals surface area contributed by atoms with Crippen molar-refractivity contribution in [3.8, 4) is 0 Å². The fraction of sp³-hybridized carbons (Fsp3) is 0.429. The van der Waals surface area contributed by atoms with E-state index < -0.39 is 28.0 Å². The molecule has 1 aliphatic heterocycles. The molecule has 12 heteroatoms. The van der Waals surface area contributed by atoms with Gasteiger partial charge in [0.05, 0.1) is 17.3 Å². The first-order valence-corrected chi connectivity index (χ1v) is 14.7. The van der Waals surface area contributed by atoms with Gasteiger partial charge < -0.3 is 19.9 Å². The second-order valence-electron chi connectivity index (χ2n) is 9.37. The Balaban J connectivity index is 1.25. The van der Waals surface area contributed by atoms with Gasteiger partial charge in [0.2, 0.25) is 10.0 Å². The Kier molecular flexibility index (Phi) is 12.1. The molecule has 2 aromatic carbocycles. The summed E-state index contributed by atoms with van der Waals surface area (Å²) >= 11 is 0. The summed E-state index contributed by atoms with van der Waals surface area (Å²) in [5.41, 5.74) is 2.52. The summed E-state index contributed by atoms with van der Waals surface area (Å²) in [5.74, 6) is -1.94. The van der Waals surface area contributed by atoms with Crippen LogP contribution in [-0.4, -0.2) is 73.1 Å². The van der Waals surface area contributed by atoms with Gasteiger partial charge in [0.25, 0.3) is 0 Å². The third-order valence-corrected chi connectivity index (χ3v) is 8.28. The van der Waals surface area contributed by atoms with Crippen molar-refractivity contribution >= 4 is 34.4 Å². The lowest BCUT2D eigenvalue weighted by molar-refractivity contribution is -0.140. The molecule has 1 heterocycles. The number of carboxylic acid groups (broad SMARTS) is 2. The Morgan fingerprint density at radius 3 is 1.95 bits per heavy atom. The van der Waals surface area contributed by atoms with Crippen molar-refractivity contribution in [3.05, 3.63) is 65.2 Å². The minimum atomic E-state index is -3.87. The molecule has 0 aliphatic carbocycles. The summed E-state index contributed by atoms with van der Waals surface area (Å²) in [6, 6.07) is 12.6. The molecule has 0 bridgehead atoms. The number of sulfonamides is 1. The lowest BCUT2D eigenvalue weighted by Gasteiger charge is -2.20. The largest absolute Gasteiger partial charge is 0.481 e. The van der Waals surface area contributed by atoms with Crippen LogP contribution in [0.4, 0.5) is 0 Å². The molecule has 0 radical (unpaired) electrons. The van der Waals surface area contributed by atoms with Crippen LogP contribution in [0.3, 0.4) is 0 Å². The highest BCUT2D eigenvalue weighted by atomic mass is 32.2. The van der Waals surface area contributed by atoms with E-state index in [1.54, 1.807) is 18.3 Å². The molecular formula is C28H35N3O8S. The van der Waals surface area contributed by atoms with Gasteiger partial charge in [-0.2, -0.15) is 4.31 Å². The fourth-order valence-corrected chi connectivity index (χ4v) is 5.80. The van der Waals surface area contributed by atoms with Crippen LogP contribution >= 0.6 is 0 Å². The Morgan fingerprint density at radius 2 is 1.43 bits per heavy atom. The SMILES string of the molecule is O=C(O)CCc1ccc(C=NOCCCCCCON=Cc2ccc(S(=O)(=O)N3CCCC3C(=O)O)cc2)cc1. The molecule has 1 saturated heterocycles. The van der Waals surface area contributed by atoms with E-state index in [0.29, 0.717) is 38.0 Å². The molecule has 2 aromatic rings. The number of hydrogen-bond donors (Lipinski definition) is 2. The number of oxime groups is 2. The van der Waals surface area contributed by atoms with Crippen LogP contribution in [0.25, 0.3) is 0 Å². The minimum absolute atomic E-state index is 0.0528. The van der Waals surface area contributed by atoms with E-state index in [9.17, 15) is 23.1 Å². The molecule has 0 spiro atoms. The van der Waals surface area contributed by atoms with E-state index in [1.807, 2.05) is 24.3 Å².